The van der Waals surface area contributed by atoms with E-state index in [2.05, 4.69) is 5.32 Å². The number of fused-ring (bicyclic) bond motifs is 1. The summed E-state index contributed by atoms with van der Waals surface area (Å²) in [6.45, 7) is 4.52. The summed E-state index contributed by atoms with van der Waals surface area (Å²) in [5.41, 5.74) is 2.03. The van der Waals surface area contributed by atoms with E-state index in [1.54, 1.807) is 14.2 Å². The van der Waals surface area contributed by atoms with E-state index >= 15 is 0 Å². The minimum Gasteiger partial charge on any atom is -0.493 e. The van der Waals surface area contributed by atoms with Gasteiger partial charge >= 0.3 is 0 Å². The molecule has 1 unspecified atom stereocenters. The van der Waals surface area contributed by atoms with E-state index < -0.39 is 0 Å². The molecule has 1 N–H and O–H groups in total. The summed E-state index contributed by atoms with van der Waals surface area (Å²) >= 11 is 0. The molecule has 22 heavy (non-hydrogen) atoms. The van der Waals surface area contributed by atoms with Crippen molar-refractivity contribution in [3.63, 3.8) is 0 Å². The number of amides is 1. The predicted molar refractivity (Wildman–Crippen MR) is 90.5 cm³/mol. The van der Waals surface area contributed by atoms with Crippen molar-refractivity contribution in [2.24, 2.45) is 5.92 Å². The lowest BCUT2D eigenvalue weighted by Gasteiger charge is -2.36. The highest BCUT2D eigenvalue weighted by molar-refractivity contribution is 5.96. The third-order valence-corrected chi connectivity index (χ3v) is 3.91. The molecule has 1 aliphatic rings. The van der Waals surface area contributed by atoms with E-state index in [0.29, 0.717) is 18.0 Å². The first-order chi connectivity index (χ1) is 10.0. The van der Waals surface area contributed by atoms with Crippen LogP contribution in [-0.2, 0) is 11.2 Å². The fourth-order valence-corrected chi connectivity index (χ4v) is 2.69. The Labute approximate surface area is 138 Å². The summed E-state index contributed by atoms with van der Waals surface area (Å²) in [6.07, 6.45) is 0.869. The quantitative estimate of drug-likeness (QED) is 0.921. The molecule has 6 heteroatoms. The zero-order valence-corrected chi connectivity index (χ0v) is 14.6. The highest BCUT2D eigenvalue weighted by Gasteiger charge is 2.30. The van der Waals surface area contributed by atoms with Gasteiger partial charge in [-0.3, -0.25) is 4.79 Å². The number of anilines is 1. The number of nitrogens with zero attached hydrogens (tertiary/aromatic N) is 1. The van der Waals surface area contributed by atoms with E-state index in [1.807, 2.05) is 37.9 Å². The van der Waals surface area contributed by atoms with Crippen molar-refractivity contribution in [3.8, 4) is 11.5 Å². The number of hydrogen-bond donors (Lipinski definition) is 1. The van der Waals surface area contributed by atoms with Crippen LogP contribution in [0.25, 0.3) is 0 Å². The van der Waals surface area contributed by atoms with Crippen LogP contribution in [0.1, 0.15) is 19.4 Å². The second kappa shape index (κ2) is 7.70. The van der Waals surface area contributed by atoms with Crippen molar-refractivity contribution in [3.05, 3.63) is 17.7 Å². The Balaban J connectivity index is 0.00000242. The number of ether oxygens (including phenoxy) is 2. The van der Waals surface area contributed by atoms with Crippen molar-refractivity contribution < 1.29 is 14.3 Å². The van der Waals surface area contributed by atoms with E-state index in [1.165, 1.54) is 0 Å². The zero-order chi connectivity index (χ0) is 15.6. The molecule has 1 amide bonds. The van der Waals surface area contributed by atoms with Crippen molar-refractivity contribution in [2.45, 2.75) is 26.3 Å². The lowest BCUT2D eigenvalue weighted by Crippen LogP contribution is -2.48. The standard InChI is InChI=1S/C16H24N2O3.ClH/c1-10(2)16(19)18-9-12(17-3)6-11-7-14(20-4)15(21-5)8-13(11)18;/h7-8,10,12,17H,6,9H2,1-5H3;1H. The Morgan fingerprint density at radius 2 is 1.86 bits per heavy atom. The Hall–Kier alpha value is -1.46. The van der Waals surface area contributed by atoms with Crippen LogP contribution >= 0.6 is 12.4 Å². The van der Waals surface area contributed by atoms with Crippen molar-refractivity contribution in [1.29, 1.82) is 0 Å². The van der Waals surface area contributed by atoms with Crippen LogP contribution in [0, 0.1) is 5.92 Å². The molecule has 1 aliphatic heterocycles. The van der Waals surface area contributed by atoms with E-state index in [0.717, 1.165) is 17.7 Å². The SMILES string of the molecule is CNC1Cc2cc(OC)c(OC)cc2N(C(=O)C(C)C)C1.Cl. The van der Waals surface area contributed by atoms with Crippen LogP contribution in [0.4, 0.5) is 5.69 Å². The van der Waals surface area contributed by atoms with E-state index in [4.69, 9.17) is 9.47 Å². The van der Waals surface area contributed by atoms with Crippen LogP contribution in [0.3, 0.4) is 0 Å². The van der Waals surface area contributed by atoms with Gasteiger partial charge in [0, 0.05) is 24.6 Å². The molecule has 1 heterocycles. The first-order valence-corrected chi connectivity index (χ1v) is 7.25. The smallest absolute Gasteiger partial charge is 0.229 e. The number of likely N-dealkylation sites (N-methyl/N-ethyl adjacent to an activating group) is 1. The van der Waals surface area contributed by atoms with Gasteiger partial charge in [-0.25, -0.2) is 0 Å². The molecule has 0 bridgehead atoms. The van der Waals surface area contributed by atoms with Gasteiger partial charge in [0.05, 0.1) is 19.9 Å². The average Bonchev–Trinajstić information content (AvgIpc) is 2.51. The summed E-state index contributed by atoms with van der Waals surface area (Å²) in [7, 11) is 5.16. The molecule has 1 atom stereocenters. The lowest BCUT2D eigenvalue weighted by atomic mass is 9.96. The van der Waals surface area contributed by atoms with Crippen molar-refractivity contribution in [1.82, 2.24) is 5.32 Å². The number of hydrogen-bond acceptors (Lipinski definition) is 4. The van der Waals surface area contributed by atoms with Crippen LogP contribution in [0.5, 0.6) is 11.5 Å². The Morgan fingerprint density at radius 1 is 1.27 bits per heavy atom. The number of benzene rings is 1. The van der Waals surface area contributed by atoms with Gasteiger partial charge in [-0.05, 0) is 25.1 Å². The number of halogens is 1. The largest absolute Gasteiger partial charge is 0.493 e. The van der Waals surface area contributed by atoms with Gasteiger partial charge < -0.3 is 19.7 Å². The Morgan fingerprint density at radius 3 is 2.36 bits per heavy atom. The number of nitrogens with one attached hydrogen (secondary N) is 1. The summed E-state index contributed by atoms with van der Waals surface area (Å²) in [6, 6.07) is 4.12. The second-order valence-corrected chi connectivity index (χ2v) is 5.63. The first kappa shape index (κ1) is 18.6. The van der Waals surface area contributed by atoms with Gasteiger partial charge in [-0.2, -0.15) is 0 Å². The summed E-state index contributed by atoms with van der Waals surface area (Å²) in [4.78, 5) is 14.4. The molecule has 1 aromatic rings. The van der Waals surface area contributed by atoms with E-state index in [9.17, 15) is 4.79 Å². The molecule has 0 spiro atoms. The topological polar surface area (TPSA) is 50.8 Å². The monoisotopic (exact) mass is 328 g/mol. The molecule has 0 aromatic heterocycles. The molecule has 0 radical (unpaired) electrons. The maximum Gasteiger partial charge on any atom is 0.229 e. The van der Waals surface area contributed by atoms with Gasteiger partial charge in [-0.15, -0.1) is 12.4 Å². The molecule has 0 saturated heterocycles. The van der Waals surface area contributed by atoms with Gasteiger partial charge in [0.2, 0.25) is 5.91 Å². The summed E-state index contributed by atoms with van der Waals surface area (Å²) in [5, 5.41) is 3.27. The molecule has 1 aromatic carbocycles. The van der Waals surface area contributed by atoms with Gasteiger partial charge in [-0.1, -0.05) is 13.8 Å². The zero-order valence-electron chi connectivity index (χ0n) is 13.8. The molecule has 0 fully saturated rings. The number of rotatable bonds is 4. The number of carbonyl (C=O) groups is 1. The Kier molecular flexibility index (Phi) is 6.50. The van der Waals surface area contributed by atoms with E-state index in [-0.39, 0.29) is 30.3 Å². The summed E-state index contributed by atoms with van der Waals surface area (Å²) in [5.74, 6) is 1.44. The van der Waals surface area contributed by atoms with Crippen LogP contribution in [0.15, 0.2) is 12.1 Å². The molecule has 124 valence electrons. The van der Waals surface area contributed by atoms with Gasteiger partial charge in [0.1, 0.15) is 0 Å². The normalized spacial score (nSPS) is 16.8. The average molecular weight is 329 g/mol. The minimum atomic E-state index is -0.0402. The number of carbonyl (C=O) groups excluding carboxylic acids is 1. The maximum atomic E-state index is 12.5. The van der Waals surface area contributed by atoms with Gasteiger partial charge in [0.25, 0.3) is 0 Å². The third kappa shape index (κ3) is 3.47. The molecule has 0 saturated carbocycles. The fraction of sp³-hybridized carbons (Fsp3) is 0.562. The second-order valence-electron chi connectivity index (χ2n) is 5.63. The number of methoxy groups -OCH3 is 2. The molecular formula is C16H25ClN2O3. The summed E-state index contributed by atoms with van der Waals surface area (Å²) < 4.78 is 10.7. The van der Waals surface area contributed by atoms with Crippen LogP contribution in [0.2, 0.25) is 0 Å². The minimum absolute atomic E-state index is 0. The maximum absolute atomic E-state index is 12.5. The third-order valence-electron chi connectivity index (χ3n) is 3.91. The Bertz CT molecular complexity index is 534. The fourth-order valence-electron chi connectivity index (χ4n) is 2.69. The molecule has 5 nitrogen and oxygen atoms in total. The highest BCUT2D eigenvalue weighted by atomic mass is 35.5. The predicted octanol–water partition coefficient (Wildman–Crippen LogP) is 2.26. The van der Waals surface area contributed by atoms with Crippen LogP contribution < -0.4 is 19.7 Å². The van der Waals surface area contributed by atoms with Crippen molar-refractivity contribution >= 4 is 24.0 Å². The van der Waals surface area contributed by atoms with Crippen molar-refractivity contribution in [2.75, 3.05) is 32.7 Å². The van der Waals surface area contributed by atoms with Crippen LogP contribution in [-0.4, -0.2) is 39.8 Å². The lowest BCUT2D eigenvalue weighted by molar-refractivity contribution is -0.121. The highest BCUT2D eigenvalue weighted by Crippen LogP contribution is 2.38. The molecular weight excluding hydrogens is 304 g/mol. The molecule has 0 aliphatic carbocycles. The molecule has 2 rings (SSSR count). The first-order valence-electron chi connectivity index (χ1n) is 7.25. The van der Waals surface area contributed by atoms with Gasteiger partial charge in [0.15, 0.2) is 11.5 Å².